The monoisotopic (exact) mass is 415 g/mol. The molecule has 9 heteroatoms. The van der Waals surface area contributed by atoms with E-state index in [4.69, 9.17) is 9.47 Å². The van der Waals surface area contributed by atoms with Crippen molar-refractivity contribution >= 4 is 11.0 Å². The van der Waals surface area contributed by atoms with Gasteiger partial charge in [0.15, 0.2) is 17.1 Å². The second-order valence-electron chi connectivity index (χ2n) is 6.68. The van der Waals surface area contributed by atoms with Crippen LogP contribution in [-0.2, 0) is 6.18 Å². The van der Waals surface area contributed by atoms with Crippen LogP contribution in [0.15, 0.2) is 54.7 Å². The summed E-state index contributed by atoms with van der Waals surface area (Å²) in [6.07, 6.45) is -3.50. The number of pyridine rings is 1. The minimum Gasteiger partial charge on any atom is -0.486 e. The third-order valence-electron chi connectivity index (χ3n) is 4.76. The van der Waals surface area contributed by atoms with Gasteiger partial charge in [0.2, 0.25) is 0 Å². The standard InChI is InChI=1S/C21H13F4N3O2/c22-13-2-4-14(5-3-13)28-20-15(11-26-28)16(21(23,24)25)10-17(27-20)12-1-6-18-19(9-12)30-8-7-29-18/h1-6,9-11H,7-8H2. The predicted molar refractivity (Wildman–Crippen MR) is 100 cm³/mol. The molecule has 5 nitrogen and oxygen atoms in total. The number of hydrogen-bond donors (Lipinski definition) is 0. The number of rotatable bonds is 2. The Bertz CT molecular complexity index is 1250. The summed E-state index contributed by atoms with van der Waals surface area (Å²) in [5, 5.41) is 3.92. The number of hydrogen-bond acceptors (Lipinski definition) is 4. The molecule has 0 atom stereocenters. The molecule has 4 aromatic rings. The molecule has 152 valence electrons. The molecule has 5 rings (SSSR count). The average Bonchev–Trinajstić information content (AvgIpc) is 3.16. The van der Waals surface area contributed by atoms with Crippen LogP contribution in [0.5, 0.6) is 11.5 Å². The smallest absolute Gasteiger partial charge is 0.417 e. The van der Waals surface area contributed by atoms with Crippen LogP contribution in [0, 0.1) is 5.82 Å². The van der Waals surface area contributed by atoms with E-state index >= 15 is 0 Å². The second-order valence-corrected chi connectivity index (χ2v) is 6.68. The highest BCUT2D eigenvalue weighted by atomic mass is 19.4. The van der Waals surface area contributed by atoms with Crippen LogP contribution in [0.2, 0.25) is 0 Å². The maximum atomic E-state index is 13.8. The first kappa shape index (κ1) is 18.4. The van der Waals surface area contributed by atoms with E-state index in [0.29, 0.717) is 36.0 Å². The molecular formula is C21H13F4N3O2. The lowest BCUT2D eigenvalue weighted by atomic mass is 10.1. The molecule has 0 saturated heterocycles. The Morgan fingerprint density at radius 1 is 0.900 bits per heavy atom. The van der Waals surface area contributed by atoms with E-state index in [0.717, 1.165) is 12.3 Å². The Kier molecular flexibility index (Phi) is 4.12. The number of benzene rings is 2. The fourth-order valence-corrected chi connectivity index (χ4v) is 3.36. The lowest BCUT2D eigenvalue weighted by molar-refractivity contribution is -0.136. The van der Waals surface area contributed by atoms with Crippen molar-refractivity contribution in [1.82, 2.24) is 14.8 Å². The summed E-state index contributed by atoms with van der Waals surface area (Å²) in [5.41, 5.74) is 0.104. The zero-order chi connectivity index (χ0) is 20.9. The number of nitrogens with zero attached hydrogens (tertiary/aromatic N) is 3. The molecule has 0 saturated carbocycles. The Hall–Kier alpha value is -3.62. The van der Waals surface area contributed by atoms with Gasteiger partial charge in [-0.15, -0.1) is 0 Å². The molecule has 0 bridgehead atoms. The van der Waals surface area contributed by atoms with Gasteiger partial charge in [0, 0.05) is 5.56 Å². The summed E-state index contributed by atoms with van der Waals surface area (Å²) in [4.78, 5) is 4.44. The van der Waals surface area contributed by atoms with Crippen LogP contribution >= 0.6 is 0 Å². The van der Waals surface area contributed by atoms with E-state index in [1.165, 1.54) is 28.9 Å². The van der Waals surface area contributed by atoms with Gasteiger partial charge in [-0.25, -0.2) is 14.1 Å². The Balaban J connectivity index is 1.73. The minimum absolute atomic E-state index is 0.0151. The summed E-state index contributed by atoms with van der Waals surface area (Å²) in [6.45, 7) is 0.764. The first-order valence-corrected chi connectivity index (χ1v) is 9.02. The molecule has 2 aromatic heterocycles. The lowest BCUT2D eigenvalue weighted by Crippen LogP contribution is -2.15. The van der Waals surface area contributed by atoms with Crippen molar-refractivity contribution in [2.45, 2.75) is 6.18 Å². The summed E-state index contributed by atoms with van der Waals surface area (Å²) in [5.74, 6) is 0.510. The van der Waals surface area contributed by atoms with E-state index in [9.17, 15) is 17.6 Å². The van der Waals surface area contributed by atoms with Crippen molar-refractivity contribution in [2.24, 2.45) is 0 Å². The zero-order valence-corrected chi connectivity index (χ0v) is 15.3. The van der Waals surface area contributed by atoms with Crippen molar-refractivity contribution in [3.63, 3.8) is 0 Å². The molecule has 1 aliphatic rings. The highest BCUT2D eigenvalue weighted by Crippen LogP contribution is 2.39. The number of alkyl halides is 3. The van der Waals surface area contributed by atoms with E-state index < -0.39 is 17.6 Å². The first-order valence-electron chi connectivity index (χ1n) is 9.02. The van der Waals surface area contributed by atoms with Crippen molar-refractivity contribution in [2.75, 3.05) is 13.2 Å². The summed E-state index contributed by atoms with van der Waals surface area (Å²) in [7, 11) is 0. The average molecular weight is 415 g/mol. The van der Waals surface area contributed by atoms with Crippen molar-refractivity contribution in [1.29, 1.82) is 0 Å². The lowest BCUT2D eigenvalue weighted by Gasteiger charge is -2.19. The van der Waals surface area contributed by atoms with Gasteiger partial charge in [-0.1, -0.05) is 0 Å². The molecule has 0 fully saturated rings. The largest absolute Gasteiger partial charge is 0.486 e. The quantitative estimate of drug-likeness (QED) is 0.432. The van der Waals surface area contributed by atoms with Gasteiger partial charge in [0.1, 0.15) is 19.0 Å². The number of fused-ring (bicyclic) bond motifs is 2. The van der Waals surface area contributed by atoms with Gasteiger partial charge in [0.05, 0.1) is 28.5 Å². The van der Waals surface area contributed by atoms with Crippen LogP contribution in [0.4, 0.5) is 17.6 Å². The van der Waals surface area contributed by atoms with Gasteiger partial charge in [-0.3, -0.25) is 0 Å². The third-order valence-corrected chi connectivity index (χ3v) is 4.76. The molecule has 0 unspecified atom stereocenters. The highest BCUT2D eigenvalue weighted by molar-refractivity contribution is 5.84. The van der Waals surface area contributed by atoms with Crippen LogP contribution in [0.25, 0.3) is 28.0 Å². The maximum absolute atomic E-state index is 13.8. The fourth-order valence-electron chi connectivity index (χ4n) is 3.36. The van der Waals surface area contributed by atoms with Gasteiger partial charge >= 0.3 is 6.18 Å². The molecule has 1 aliphatic heterocycles. The molecule has 2 aromatic carbocycles. The van der Waals surface area contributed by atoms with Crippen LogP contribution < -0.4 is 9.47 Å². The van der Waals surface area contributed by atoms with Gasteiger partial charge in [-0.05, 0) is 48.5 Å². The van der Waals surface area contributed by atoms with Gasteiger partial charge in [0.25, 0.3) is 0 Å². The van der Waals surface area contributed by atoms with Crippen molar-refractivity contribution in [3.05, 3.63) is 66.1 Å². The normalized spacial score (nSPS) is 13.6. The Morgan fingerprint density at radius 2 is 1.63 bits per heavy atom. The molecule has 0 amide bonds. The first-order chi connectivity index (χ1) is 14.4. The van der Waals surface area contributed by atoms with Crippen LogP contribution in [-0.4, -0.2) is 28.0 Å². The number of halogens is 4. The molecule has 30 heavy (non-hydrogen) atoms. The third kappa shape index (κ3) is 3.12. The Labute approximate surface area is 167 Å². The molecule has 0 aliphatic carbocycles. The SMILES string of the molecule is Fc1ccc(-n2ncc3c(C(F)(F)F)cc(-c4ccc5c(c4)OCCO5)nc32)cc1. The van der Waals surface area contributed by atoms with E-state index in [1.54, 1.807) is 18.2 Å². The second kappa shape index (κ2) is 6.72. The number of ether oxygens (including phenoxy) is 2. The van der Waals surface area contributed by atoms with Crippen molar-refractivity contribution in [3.8, 4) is 28.4 Å². The van der Waals surface area contributed by atoms with Crippen LogP contribution in [0.1, 0.15) is 5.56 Å². The molecular weight excluding hydrogens is 402 g/mol. The maximum Gasteiger partial charge on any atom is 0.417 e. The summed E-state index contributed by atoms with van der Waals surface area (Å²) in [6, 6.07) is 11.1. The molecule has 3 heterocycles. The van der Waals surface area contributed by atoms with E-state index in [1.807, 2.05) is 0 Å². The van der Waals surface area contributed by atoms with Gasteiger partial charge < -0.3 is 9.47 Å². The highest BCUT2D eigenvalue weighted by Gasteiger charge is 2.35. The zero-order valence-electron chi connectivity index (χ0n) is 15.3. The predicted octanol–water partition coefficient (Wildman–Crippen LogP) is 5.02. The summed E-state index contributed by atoms with van der Waals surface area (Å²) < 4.78 is 66.9. The Morgan fingerprint density at radius 3 is 2.37 bits per heavy atom. The molecule has 0 radical (unpaired) electrons. The van der Waals surface area contributed by atoms with Gasteiger partial charge in [-0.2, -0.15) is 18.3 Å². The fraction of sp³-hybridized carbons (Fsp3) is 0.143. The topological polar surface area (TPSA) is 49.2 Å². The van der Waals surface area contributed by atoms with Crippen molar-refractivity contribution < 1.29 is 27.0 Å². The number of aromatic nitrogens is 3. The van der Waals surface area contributed by atoms with E-state index in [2.05, 4.69) is 10.1 Å². The summed E-state index contributed by atoms with van der Waals surface area (Å²) >= 11 is 0. The minimum atomic E-state index is -4.61. The van der Waals surface area contributed by atoms with Crippen LogP contribution in [0.3, 0.4) is 0 Å². The van der Waals surface area contributed by atoms with E-state index in [-0.39, 0.29) is 16.7 Å². The molecule has 0 N–H and O–H groups in total. The molecule has 0 spiro atoms.